The van der Waals surface area contributed by atoms with E-state index in [1.165, 1.54) is 0 Å². The van der Waals surface area contributed by atoms with E-state index in [1.54, 1.807) is 11.2 Å². The second-order valence-corrected chi connectivity index (χ2v) is 5.85. The summed E-state index contributed by atoms with van der Waals surface area (Å²) in [6.45, 7) is 3.31. The third-order valence-electron chi connectivity index (χ3n) is 4.06. The Labute approximate surface area is 140 Å². The van der Waals surface area contributed by atoms with E-state index in [2.05, 4.69) is 15.5 Å². The molecule has 0 radical (unpaired) electrons. The molecule has 8 heteroatoms. The molecule has 24 heavy (non-hydrogen) atoms. The zero-order chi connectivity index (χ0) is 17.1. The van der Waals surface area contributed by atoms with E-state index in [-0.39, 0.29) is 19.2 Å². The number of aliphatic hydroxyl groups excluding tert-OH is 1. The SMILES string of the molecule is Cc1c(NC(=O)N2CCOC[C@@H](O)C2)cccc1-c1nncn1C. The number of rotatable bonds is 2. The standard InChI is InChI=1S/C16H21N5O3/c1-11-13(15-19-17-10-20(15)2)4-3-5-14(11)18-16(23)21-6-7-24-9-12(22)8-21/h3-5,10,12,22H,6-9H2,1-2H3,(H,18,23)/t12-/m0/s1. The van der Waals surface area contributed by atoms with Crippen LogP contribution in [0.4, 0.5) is 10.5 Å². The third kappa shape index (κ3) is 3.39. The van der Waals surface area contributed by atoms with Crippen molar-refractivity contribution in [1.82, 2.24) is 19.7 Å². The quantitative estimate of drug-likeness (QED) is 0.857. The lowest BCUT2D eigenvalue weighted by Crippen LogP contribution is -2.40. The van der Waals surface area contributed by atoms with Crippen molar-refractivity contribution in [2.75, 3.05) is 31.6 Å². The first-order chi connectivity index (χ1) is 11.6. The lowest BCUT2D eigenvalue weighted by molar-refractivity contribution is 0.0575. The van der Waals surface area contributed by atoms with Crippen LogP contribution in [-0.4, -0.2) is 63.2 Å². The van der Waals surface area contributed by atoms with Gasteiger partial charge in [-0.2, -0.15) is 0 Å². The lowest BCUT2D eigenvalue weighted by Gasteiger charge is -2.22. The first-order valence-corrected chi connectivity index (χ1v) is 7.82. The van der Waals surface area contributed by atoms with Crippen molar-refractivity contribution in [2.24, 2.45) is 7.05 Å². The molecular weight excluding hydrogens is 310 g/mol. The van der Waals surface area contributed by atoms with Crippen molar-refractivity contribution < 1.29 is 14.6 Å². The number of benzene rings is 1. The van der Waals surface area contributed by atoms with Gasteiger partial charge in [-0.25, -0.2) is 4.79 Å². The van der Waals surface area contributed by atoms with Crippen molar-refractivity contribution in [3.8, 4) is 11.4 Å². The maximum Gasteiger partial charge on any atom is 0.322 e. The molecule has 1 aliphatic rings. The van der Waals surface area contributed by atoms with Gasteiger partial charge in [0.1, 0.15) is 6.33 Å². The number of anilines is 1. The molecule has 0 unspecified atom stereocenters. The molecule has 128 valence electrons. The second-order valence-electron chi connectivity index (χ2n) is 5.85. The van der Waals surface area contributed by atoms with Crippen LogP contribution in [0.2, 0.25) is 0 Å². The third-order valence-corrected chi connectivity index (χ3v) is 4.06. The van der Waals surface area contributed by atoms with Crippen LogP contribution in [0, 0.1) is 6.92 Å². The van der Waals surface area contributed by atoms with Crippen LogP contribution in [0.15, 0.2) is 24.5 Å². The van der Waals surface area contributed by atoms with E-state index >= 15 is 0 Å². The lowest BCUT2D eigenvalue weighted by atomic mass is 10.1. The Hall–Kier alpha value is -2.45. The monoisotopic (exact) mass is 331 g/mol. The van der Waals surface area contributed by atoms with Crippen molar-refractivity contribution in [2.45, 2.75) is 13.0 Å². The molecule has 0 aliphatic carbocycles. The molecule has 0 bridgehead atoms. The summed E-state index contributed by atoms with van der Waals surface area (Å²) < 4.78 is 7.08. The van der Waals surface area contributed by atoms with Crippen LogP contribution in [0.5, 0.6) is 0 Å². The molecule has 3 rings (SSSR count). The Kier molecular flexibility index (Phi) is 4.77. The van der Waals surface area contributed by atoms with Gasteiger partial charge < -0.3 is 24.6 Å². The van der Waals surface area contributed by atoms with Crippen LogP contribution in [0.25, 0.3) is 11.4 Å². The fourth-order valence-corrected chi connectivity index (χ4v) is 2.71. The number of nitrogens with zero attached hydrogens (tertiary/aromatic N) is 4. The molecule has 2 amide bonds. The van der Waals surface area contributed by atoms with Crippen LogP contribution in [0.1, 0.15) is 5.56 Å². The second kappa shape index (κ2) is 6.98. The predicted molar refractivity (Wildman–Crippen MR) is 88.6 cm³/mol. The van der Waals surface area contributed by atoms with Crippen molar-refractivity contribution in [3.05, 3.63) is 30.1 Å². The van der Waals surface area contributed by atoms with Crippen LogP contribution in [0.3, 0.4) is 0 Å². The minimum atomic E-state index is -0.663. The molecule has 0 spiro atoms. The van der Waals surface area contributed by atoms with Crippen LogP contribution in [-0.2, 0) is 11.8 Å². The number of aromatic nitrogens is 3. The molecular formula is C16H21N5O3. The van der Waals surface area contributed by atoms with E-state index in [0.717, 1.165) is 17.0 Å². The first kappa shape index (κ1) is 16.4. The Morgan fingerprint density at radius 1 is 1.46 bits per heavy atom. The number of carbonyl (C=O) groups excluding carboxylic acids is 1. The molecule has 1 aromatic heterocycles. The normalized spacial score (nSPS) is 18.3. The van der Waals surface area contributed by atoms with Gasteiger partial charge in [-0.3, -0.25) is 0 Å². The summed E-state index contributed by atoms with van der Waals surface area (Å²) in [5.41, 5.74) is 2.53. The number of hydrogen-bond donors (Lipinski definition) is 2. The molecule has 1 saturated heterocycles. The van der Waals surface area contributed by atoms with Crippen LogP contribution >= 0.6 is 0 Å². The van der Waals surface area contributed by atoms with Gasteiger partial charge in [0.2, 0.25) is 0 Å². The Morgan fingerprint density at radius 3 is 3.04 bits per heavy atom. The van der Waals surface area contributed by atoms with Gasteiger partial charge in [0.15, 0.2) is 5.82 Å². The van der Waals surface area contributed by atoms with Gasteiger partial charge >= 0.3 is 6.03 Å². The molecule has 2 aromatic rings. The fourth-order valence-electron chi connectivity index (χ4n) is 2.71. The summed E-state index contributed by atoms with van der Waals surface area (Å²) in [4.78, 5) is 14.1. The zero-order valence-electron chi connectivity index (χ0n) is 13.8. The number of aliphatic hydroxyl groups is 1. The summed E-state index contributed by atoms with van der Waals surface area (Å²) in [6, 6.07) is 5.40. The average molecular weight is 331 g/mol. The highest BCUT2D eigenvalue weighted by molar-refractivity contribution is 5.91. The van der Waals surface area contributed by atoms with E-state index < -0.39 is 6.10 Å². The van der Waals surface area contributed by atoms with E-state index in [4.69, 9.17) is 4.74 Å². The number of aryl methyl sites for hydroxylation is 1. The number of amides is 2. The first-order valence-electron chi connectivity index (χ1n) is 7.82. The van der Waals surface area contributed by atoms with Crippen molar-refractivity contribution in [1.29, 1.82) is 0 Å². The van der Waals surface area contributed by atoms with E-state index in [9.17, 15) is 9.90 Å². The number of β-amino-alcohol motifs (C(OH)–C–C–N with tert-alkyl or cyclic N) is 1. The summed E-state index contributed by atoms with van der Waals surface area (Å²) in [6.07, 6.45) is 0.975. The summed E-state index contributed by atoms with van der Waals surface area (Å²) in [5, 5.41) is 20.7. The van der Waals surface area contributed by atoms with Gasteiger partial charge in [-0.05, 0) is 18.6 Å². The summed E-state index contributed by atoms with van der Waals surface area (Å²) in [5.74, 6) is 0.738. The zero-order valence-corrected chi connectivity index (χ0v) is 13.8. The van der Waals surface area contributed by atoms with E-state index in [0.29, 0.717) is 18.8 Å². The summed E-state index contributed by atoms with van der Waals surface area (Å²) in [7, 11) is 1.87. The fraction of sp³-hybridized carbons (Fsp3) is 0.438. The molecule has 1 fully saturated rings. The molecule has 0 saturated carbocycles. The van der Waals surface area contributed by atoms with Gasteiger partial charge in [-0.1, -0.05) is 12.1 Å². The Bertz CT molecular complexity index is 730. The molecule has 1 aromatic carbocycles. The molecule has 1 atom stereocenters. The summed E-state index contributed by atoms with van der Waals surface area (Å²) >= 11 is 0. The molecule has 1 aliphatic heterocycles. The molecule has 8 nitrogen and oxygen atoms in total. The van der Waals surface area contributed by atoms with Crippen molar-refractivity contribution in [3.63, 3.8) is 0 Å². The largest absolute Gasteiger partial charge is 0.389 e. The number of carbonyl (C=O) groups is 1. The molecule has 2 heterocycles. The topological polar surface area (TPSA) is 92.5 Å². The highest BCUT2D eigenvalue weighted by atomic mass is 16.5. The number of urea groups is 1. The number of hydrogen-bond acceptors (Lipinski definition) is 5. The maximum absolute atomic E-state index is 12.5. The Morgan fingerprint density at radius 2 is 2.29 bits per heavy atom. The maximum atomic E-state index is 12.5. The minimum absolute atomic E-state index is 0.252. The highest BCUT2D eigenvalue weighted by Gasteiger charge is 2.21. The minimum Gasteiger partial charge on any atom is -0.389 e. The Balaban J connectivity index is 1.80. The van der Waals surface area contributed by atoms with Gasteiger partial charge in [0.05, 0.1) is 25.9 Å². The average Bonchev–Trinajstić information content (AvgIpc) is 2.85. The van der Waals surface area contributed by atoms with Crippen molar-refractivity contribution >= 4 is 11.7 Å². The van der Waals surface area contributed by atoms with Crippen LogP contribution < -0.4 is 5.32 Å². The number of ether oxygens (including phenoxy) is 1. The van der Waals surface area contributed by atoms with E-state index in [1.807, 2.05) is 36.7 Å². The van der Waals surface area contributed by atoms with Gasteiger partial charge in [0.25, 0.3) is 0 Å². The smallest absolute Gasteiger partial charge is 0.322 e. The molecule has 2 N–H and O–H groups in total. The highest BCUT2D eigenvalue weighted by Crippen LogP contribution is 2.27. The number of nitrogens with one attached hydrogen (secondary N) is 1. The predicted octanol–water partition coefficient (Wildman–Crippen LogP) is 1.02. The van der Waals surface area contributed by atoms with Gasteiger partial charge in [-0.15, -0.1) is 10.2 Å². The van der Waals surface area contributed by atoms with Gasteiger partial charge in [0, 0.05) is 24.8 Å².